The van der Waals surface area contributed by atoms with E-state index in [1.165, 1.54) is 44.9 Å². The van der Waals surface area contributed by atoms with Crippen LogP contribution in [0.4, 0.5) is 0 Å². The molecule has 0 aromatic rings. The van der Waals surface area contributed by atoms with Crippen molar-refractivity contribution in [2.45, 2.75) is 83.3 Å². The SMILES string of the molecule is CCCNC(C1CCCCCC1)C1(OCC)CCOCC1. The molecule has 1 heterocycles. The third kappa shape index (κ3) is 4.67. The molecule has 0 bridgehead atoms. The Morgan fingerprint density at radius 3 is 2.33 bits per heavy atom. The summed E-state index contributed by atoms with van der Waals surface area (Å²) in [5.74, 6) is 0.781. The molecule has 1 N–H and O–H groups in total. The summed E-state index contributed by atoms with van der Waals surface area (Å²) >= 11 is 0. The van der Waals surface area contributed by atoms with Crippen molar-refractivity contribution >= 4 is 0 Å². The third-order valence-corrected chi connectivity index (χ3v) is 5.32. The first kappa shape index (κ1) is 17.2. The molecule has 0 spiro atoms. The zero-order chi connectivity index (χ0) is 15.0. The Morgan fingerprint density at radius 1 is 1.10 bits per heavy atom. The Morgan fingerprint density at radius 2 is 1.76 bits per heavy atom. The van der Waals surface area contributed by atoms with E-state index in [-0.39, 0.29) is 5.60 Å². The van der Waals surface area contributed by atoms with Gasteiger partial charge in [0.05, 0.1) is 5.60 Å². The molecule has 3 nitrogen and oxygen atoms in total. The van der Waals surface area contributed by atoms with Crippen molar-refractivity contribution in [2.24, 2.45) is 5.92 Å². The van der Waals surface area contributed by atoms with Crippen LogP contribution in [-0.4, -0.2) is 38.0 Å². The van der Waals surface area contributed by atoms with E-state index in [9.17, 15) is 0 Å². The average Bonchev–Trinajstić information content (AvgIpc) is 2.78. The minimum atomic E-state index is 0.0111. The Balaban J connectivity index is 2.13. The second-order valence-electron chi connectivity index (χ2n) is 6.79. The van der Waals surface area contributed by atoms with Crippen LogP contribution in [0.5, 0.6) is 0 Å². The summed E-state index contributed by atoms with van der Waals surface area (Å²) in [6.45, 7) is 8.04. The normalized spacial score (nSPS) is 25.4. The summed E-state index contributed by atoms with van der Waals surface area (Å²) < 4.78 is 12.0. The lowest BCUT2D eigenvalue weighted by molar-refractivity contribution is -0.137. The number of hydrogen-bond donors (Lipinski definition) is 1. The van der Waals surface area contributed by atoms with Gasteiger partial charge in [0.15, 0.2) is 0 Å². The van der Waals surface area contributed by atoms with E-state index in [0.29, 0.717) is 6.04 Å². The van der Waals surface area contributed by atoms with Gasteiger partial charge in [0.25, 0.3) is 0 Å². The molecule has 21 heavy (non-hydrogen) atoms. The van der Waals surface area contributed by atoms with Gasteiger partial charge in [-0.15, -0.1) is 0 Å². The Hall–Kier alpha value is -0.120. The first-order valence-corrected chi connectivity index (χ1v) is 9.27. The van der Waals surface area contributed by atoms with Gasteiger partial charge >= 0.3 is 0 Å². The van der Waals surface area contributed by atoms with Crippen LogP contribution in [0.1, 0.15) is 71.6 Å². The van der Waals surface area contributed by atoms with Gasteiger partial charge in [-0.25, -0.2) is 0 Å². The van der Waals surface area contributed by atoms with E-state index in [4.69, 9.17) is 9.47 Å². The molecule has 1 aliphatic heterocycles. The van der Waals surface area contributed by atoms with Gasteiger partial charge in [0.2, 0.25) is 0 Å². The second-order valence-corrected chi connectivity index (χ2v) is 6.79. The highest BCUT2D eigenvalue weighted by Crippen LogP contribution is 2.37. The van der Waals surface area contributed by atoms with Crippen molar-refractivity contribution in [2.75, 3.05) is 26.4 Å². The van der Waals surface area contributed by atoms with Crippen molar-refractivity contribution in [1.29, 1.82) is 0 Å². The quantitative estimate of drug-likeness (QED) is 0.723. The predicted octanol–water partition coefficient (Wildman–Crippen LogP) is 3.91. The topological polar surface area (TPSA) is 30.5 Å². The van der Waals surface area contributed by atoms with Gasteiger partial charge in [-0.1, -0.05) is 32.6 Å². The van der Waals surface area contributed by atoms with E-state index < -0.39 is 0 Å². The highest BCUT2D eigenvalue weighted by molar-refractivity contribution is 4.99. The fraction of sp³-hybridized carbons (Fsp3) is 1.00. The largest absolute Gasteiger partial charge is 0.381 e. The molecule has 0 amide bonds. The van der Waals surface area contributed by atoms with Crippen LogP contribution in [0.25, 0.3) is 0 Å². The zero-order valence-corrected chi connectivity index (χ0v) is 14.2. The van der Waals surface area contributed by atoms with E-state index in [2.05, 4.69) is 19.2 Å². The predicted molar refractivity (Wildman–Crippen MR) is 87.7 cm³/mol. The summed E-state index contributed by atoms with van der Waals surface area (Å²) in [4.78, 5) is 0. The molecule has 2 fully saturated rings. The summed E-state index contributed by atoms with van der Waals surface area (Å²) in [6, 6.07) is 0.513. The maximum atomic E-state index is 6.38. The molecule has 1 unspecified atom stereocenters. The van der Waals surface area contributed by atoms with E-state index in [1.54, 1.807) is 0 Å². The first-order valence-electron chi connectivity index (χ1n) is 9.27. The molecule has 0 aromatic heterocycles. The first-order chi connectivity index (χ1) is 10.3. The van der Waals surface area contributed by atoms with Gasteiger partial charge in [0, 0.05) is 38.7 Å². The molecule has 0 aromatic carbocycles. The number of hydrogen-bond acceptors (Lipinski definition) is 3. The number of rotatable bonds is 7. The highest BCUT2D eigenvalue weighted by Gasteiger charge is 2.44. The lowest BCUT2D eigenvalue weighted by atomic mass is 9.76. The lowest BCUT2D eigenvalue weighted by Crippen LogP contribution is -2.58. The van der Waals surface area contributed by atoms with Gasteiger partial charge in [0.1, 0.15) is 0 Å². The molecule has 1 aliphatic carbocycles. The minimum Gasteiger partial charge on any atom is -0.381 e. The molecule has 1 saturated heterocycles. The van der Waals surface area contributed by atoms with Gasteiger partial charge in [-0.2, -0.15) is 0 Å². The van der Waals surface area contributed by atoms with Crippen LogP contribution in [0.2, 0.25) is 0 Å². The van der Waals surface area contributed by atoms with Crippen LogP contribution in [0.15, 0.2) is 0 Å². The second kappa shape index (κ2) is 9.12. The molecule has 1 atom stereocenters. The van der Waals surface area contributed by atoms with Crippen LogP contribution in [0, 0.1) is 5.92 Å². The molecule has 124 valence electrons. The van der Waals surface area contributed by atoms with Crippen molar-refractivity contribution in [1.82, 2.24) is 5.32 Å². The standard InChI is InChI=1S/C18H35NO2/c1-3-13-19-17(16-9-7-5-6-8-10-16)18(21-4-2)11-14-20-15-12-18/h16-17,19H,3-15H2,1-2H3. The minimum absolute atomic E-state index is 0.0111. The van der Waals surface area contributed by atoms with Crippen molar-refractivity contribution in [3.63, 3.8) is 0 Å². The fourth-order valence-corrected chi connectivity index (χ4v) is 4.28. The smallest absolute Gasteiger partial charge is 0.0881 e. The summed E-state index contributed by atoms with van der Waals surface area (Å²) in [5.41, 5.74) is 0.0111. The van der Waals surface area contributed by atoms with Crippen LogP contribution >= 0.6 is 0 Å². The Bertz CT molecular complexity index is 263. The highest BCUT2D eigenvalue weighted by atomic mass is 16.5. The van der Waals surface area contributed by atoms with Gasteiger partial charge < -0.3 is 14.8 Å². The fourth-order valence-electron chi connectivity index (χ4n) is 4.28. The summed E-state index contributed by atoms with van der Waals surface area (Å²) in [7, 11) is 0. The molecular weight excluding hydrogens is 262 g/mol. The number of nitrogens with one attached hydrogen (secondary N) is 1. The van der Waals surface area contributed by atoms with E-state index in [0.717, 1.165) is 45.1 Å². The molecule has 1 saturated carbocycles. The maximum Gasteiger partial charge on any atom is 0.0881 e. The number of ether oxygens (including phenoxy) is 2. The molecule has 2 rings (SSSR count). The maximum absolute atomic E-state index is 6.38. The molecular formula is C18H35NO2. The summed E-state index contributed by atoms with van der Waals surface area (Å²) in [6.07, 6.45) is 11.7. The van der Waals surface area contributed by atoms with Crippen molar-refractivity contribution in [3.8, 4) is 0 Å². The van der Waals surface area contributed by atoms with Gasteiger partial charge in [-0.05, 0) is 38.6 Å². The van der Waals surface area contributed by atoms with Crippen molar-refractivity contribution < 1.29 is 9.47 Å². The van der Waals surface area contributed by atoms with Crippen LogP contribution < -0.4 is 5.32 Å². The van der Waals surface area contributed by atoms with Crippen LogP contribution in [-0.2, 0) is 9.47 Å². The average molecular weight is 297 g/mol. The van der Waals surface area contributed by atoms with Crippen LogP contribution in [0.3, 0.4) is 0 Å². The van der Waals surface area contributed by atoms with E-state index >= 15 is 0 Å². The monoisotopic (exact) mass is 297 g/mol. The zero-order valence-electron chi connectivity index (χ0n) is 14.2. The Labute approximate surface area is 131 Å². The molecule has 3 heteroatoms. The van der Waals surface area contributed by atoms with E-state index in [1.807, 2.05) is 0 Å². The Kier molecular flexibility index (Phi) is 7.48. The summed E-state index contributed by atoms with van der Waals surface area (Å²) in [5, 5.41) is 3.88. The van der Waals surface area contributed by atoms with Gasteiger partial charge in [-0.3, -0.25) is 0 Å². The molecule has 0 radical (unpaired) electrons. The molecule has 2 aliphatic rings. The van der Waals surface area contributed by atoms with Crippen molar-refractivity contribution in [3.05, 3.63) is 0 Å². The third-order valence-electron chi connectivity index (χ3n) is 5.32. The lowest BCUT2D eigenvalue weighted by Gasteiger charge is -2.46.